The van der Waals surface area contributed by atoms with E-state index in [1.165, 1.54) is 6.33 Å². The van der Waals surface area contributed by atoms with Crippen LogP contribution in [0, 0.1) is 0 Å². The van der Waals surface area contributed by atoms with Gasteiger partial charge in [0.05, 0.1) is 5.69 Å². The van der Waals surface area contributed by atoms with Gasteiger partial charge in [0.15, 0.2) is 33.6 Å². The molecule has 29 heavy (non-hydrogen) atoms. The van der Waals surface area contributed by atoms with Crippen LogP contribution in [0.2, 0.25) is 0 Å². The third kappa shape index (κ3) is 3.90. The average Bonchev–Trinajstić information content (AvgIpc) is 3.29. The highest BCUT2D eigenvalue weighted by atomic mass is 32.2. The SMILES string of the molecule is CNCCCCn1c(Sc2cc3c(cc2N(C)C)OCO3)nc2c(N)ncnc21. The minimum absolute atomic E-state index is 0.242. The molecule has 0 unspecified atom stereocenters. The van der Waals surface area contributed by atoms with Crippen molar-refractivity contribution in [1.82, 2.24) is 24.8 Å². The molecule has 0 aliphatic carbocycles. The molecule has 0 fully saturated rings. The Labute approximate surface area is 173 Å². The highest BCUT2D eigenvalue weighted by molar-refractivity contribution is 7.99. The van der Waals surface area contributed by atoms with Gasteiger partial charge < -0.3 is 30.0 Å². The molecule has 1 aliphatic rings. The van der Waals surface area contributed by atoms with Crippen molar-refractivity contribution in [3.05, 3.63) is 18.5 Å². The summed E-state index contributed by atoms with van der Waals surface area (Å²) in [5.41, 5.74) is 8.50. The van der Waals surface area contributed by atoms with E-state index in [1.54, 1.807) is 11.8 Å². The number of hydrogen-bond acceptors (Lipinski definition) is 9. The summed E-state index contributed by atoms with van der Waals surface area (Å²) >= 11 is 1.57. The molecule has 9 nitrogen and oxygen atoms in total. The monoisotopic (exact) mass is 415 g/mol. The first-order valence-corrected chi connectivity index (χ1v) is 10.3. The molecule has 0 spiro atoms. The van der Waals surface area contributed by atoms with Gasteiger partial charge in [0.25, 0.3) is 0 Å². The molecule has 0 saturated carbocycles. The van der Waals surface area contributed by atoms with E-state index in [0.29, 0.717) is 11.3 Å². The van der Waals surface area contributed by atoms with Gasteiger partial charge in [0, 0.05) is 37.7 Å². The maximum atomic E-state index is 6.07. The second kappa shape index (κ2) is 8.34. The van der Waals surface area contributed by atoms with Crippen molar-refractivity contribution in [1.29, 1.82) is 0 Å². The summed E-state index contributed by atoms with van der Waals surface area (Å²) in [6.45, 7) is 2.02. The topological polar surface area (TPSA) is 103 Å². The first-order valence-electron chi connectivity index (χ1n) is 9.48. The number of imidazole rings is 1. The summed E-state index contributed by atoms with van der Waals surface area (Å²) in [4.78, 5) is 16.4. The Balaban J connectivity index is 1.73. The molecule has 0 radical (unpaired) electrons. The molecular formula is C19H25N7O2S. The zero-order valence-electron chi connectivity index (χ0n) is 16.8. The van der Waals surface area contributed by atoms with E-state index in [-0.39, 0.29) is 6.79 Å². The number of nitrogens with one attached hydrogen (secondary N) is 1. The molecule has 2 aromatic heterocycles. The molecule has 0 saturated heterocycles. The van der Waals surface area contributed by atoms with E-state index in [4.69, 9.17) is 20.2 Å². The smallest absolute Gasteiger partial charge is 0.231 e. The minimum atomic E-state index is 0.242. The number of unbranched alkanes of at least 4 members (excludes halogenated alkanes) is 1. The summed E-state index contributed by atoms with van der Waals surface area (Å²) in [6, 6.07) is 4.00. The summed E-state index contributed by atoms with van der Waals surface area (Å²) < 4.78 is 13.2. The Kier molecular flexibility index (Phi) is 5.63. The lowest BCUT2D eigenvalue weighted by Gasteiger charge is -2.18. The van der Waals surface area contributed by atoms with Crippen molar-refractivity contribution < 1.29 is 9.47 Å². The van der Waals surface area contributed by atoms with E-state index < -0.39 is 0 Å². The summed E-state index contributed by atoms with van der Waals surface area (Å²) in [6.07, 6.45) is 3.56. The molecule has 1 aliphatic heterocycles. The van der Waals surface area contributed by atoms with E-state index in [2.05, 4.69) is 24.8 Å². The van der Waals surface area contributed by atoms with Gasteiger partial charge in [-0.25, -0.2) is 15.0 Å². The van der Waals surface area contributed by atoms with Crippen LogP contribution in [0.5, 0.6) is 11.5 Å². The number of nitrogen functional groups attached to an aromatic ring is 1. The van der Waals surface area contributed by atoms with Gasteiger partial charge in [-0.3, -0.25) is 0 Å². The van der Waals surface area contributed by atoms with Crippen LogP contribution in [0.1, 0.15) is 12.8 Å². The van der Waals surface area contributed by atoms with Crippen molar-refractivity contribution >= 4 is 34.4 Å². The Hall–Kier alpha value is -2.72. The Morgan fingerprint density at radius 2 is 2.00 bits per heavy atom. The predicted molar refractivity (Wildman–Crippen MR) is 114 cm³/mol. The van der Waals surface area contributed by atoms with Crippen molar-refractivity contribution in [2.75, 3.05) is 45.1 Å². The highest BCUT2D eigenvalue weighted by Gasteiger charge is 2.22. The molecule has 0 atom stereocenters. The number of ether oxygens (including phenoxy) is 2. The number of benzene rings is 1. The first-order chi connectivity index (χ1) is 14.1. The third-order valence-electron chi connectivity index (χ3n) is 4.72. The van der Waals surface area contributed by atoms with Gasteiger partial charge in [-0.15, -0.1) is 0 Å². The number of hydrogen-bond donors (Lipinski definition) is 2. The number of rotatable bonds is 8. The van der Waals surface area contributed by atoms with Crippen LogP contribution in [0.4, 0.5) is 11.5 Å². The van der Waals surface area contributed by atoms with Crippen LogP contribution in [0.15, 0.2) is 28.5 Å². The van der Waals surface area contributed by atoms with Gasteiger partial charge in [-0.1, -0.05) is 0 Å². The van der Waals surface area contributed by atoms with Crippen LogP contribution in [0.3, 0.4) is 0 Å². The lowest BCUT2D eigenvalue weighted by molar-refractivity contribution is 0.174. The van der Waals surface area contributed by atoms with E-state index in [0.717, 1.165) is 58.8 Å². The lowest BCUT2D eigenvalue weighted by Crippen LogP contribution is -2.10. The second-order valence-corrected chi connectivity index (χ2v) is 7.97. The van der Waals surface area contributed by atoms with Gasteiger partial charge in [-0.05, 0) is 38.2 Å². The summed E-state index contributed by atoms with van der Waals surface area (Å²) in [5, 5.41) is 4.02. The zero-order valence-corrected chi connectivity index (χ0v) is 17.6. The fourth-order valence-corrected chi connectivity index (χ4v) is 4.36. The number of aromatic nitrogens is 4. The molecule has 10 heteroatoms. The predicted octanol–water partition coefficient (Wildman–Crippen LogP) is 2.35. The standard InChI is InChI=1S/C19H25N7O2S/c1-21-6-4-5-7-26-18-16(17(20)22-10-23-18)24-19(26)29-15-9-14-13(27-11-28-14)8-12(15)25(2)3/h8-10,21H,4-7,11H2,1-3H3,(H2,20,22,23). The number of aryl methyl sites for hydroxylation is 1. The van der Waals surface area contributed by atoms with Gasteiger partial charge in [0.1, 0.15) is 6.33 Å². The molecule has 154 valence electrons. The van der Waals surface area contributed by atoms with E-state index in [9.17, 15) is 0 Å². The molecule has 0 bridgehead atoms. The van der Waals surface area contributed by atoms with Crippen molar-refractivity contribution in [2.24, 2.45) is 0 Å². The van der Waals surface area contributed by atoms with Crippen LogP contribution in [-0.4, -0.2) is 54.0 Å². The molecule has 3 aromatic rings. The minimum Gasteiger partial charge on any atom is -0.454 e. The molecule has 3 N–H and O–H groups in total. The lowest BCUT2D eigenvalue weighted by atomic mass is 10.2. The van der Waals surface area contributed by atoms with Crippen molar-refractivity contribution in [3.63, 3.8) is 0 Å². The van der Waals surface area contributed by atoms with Gasteiger partial charge in [0.2, 0.25) is 6.79 Å². The number of anilines is 2. The van der Waals surface area contributed by atoms with Gasteiger partial charge >= 0.3 is 0 Å². The second-order valence-electron chi connectivity index (χ2n) is 6.96. The Morgan fingerprint density at radius 1 is 1.21 bits per heavy atom. The Bertz CT molecular complexity index is 1020. The summed E-state index contributed by atoms with van der Waals surface area (Å²) in [5.74, 6) is 1.90. The van der Waals surface area contributed by atoms with Gasteiger partial charge in [-0.2, -0.15) is 0 Å². The van der Waals surface area contributed by atoms with Crippen LogP contribution in [-0.2, 0) is 6.54 Å². The number of fused-ring (bicyclic) bond motifs is 2. The normalized spacial score (nSPS) is 12.7. The average molecular weight is 416 g/mol. The fourth-order valence-electron chi connectivity index (χ4n) is 3.23. The highest BCUT2D eigenvalue weighted by Crippen LogP contribution is 2.44. The number of nitrogens with zero attached hydrogens (tertiary/aromatic N) is 5. The Morgan fingerprint density at radius 3 is 2.76 bits per heavy atom. The fraction of sp³-hybridized carbons (Fsp3) is 0.421. The zero-order chi connectivity index (χ0) is 20.4. The quantitative estimate of drug-likeness (QED) is 0.537. The van der Waals surface area contributed by atoms with Crippen molar-refractivity contribution in [3.8, 4) is 11.5 Å². The molecule has 0 amide bonds. The number of nitrogens with two attached hydrogens (primary N) is 1. The first kappa shape index (κ1) is 19.6. The van der Waals surface area contributed by atoms with E-state index in [1.807, 2.05) is 33.3 Å². The molecule has 4 rings (SSSR count). The molecule has 3 heterocycles. The van der Waals surface area contributed by atoms with Crippen LogP contribution in [0.25, 0.3) is 11.2 Å². The largest absolute Gasteiger partial charge is 0.454 e. The maximum absolute atomic E-state index is 6.07. The maximum Gasteiger partial charge on any atom is 0.231 e. The van der Waals surface area contributed by atoms with E-state index >= 15 is 0 Å². The third-order valence-corrected chi connectivity index (χ3v) is 5.76. The molecular weight excluding hydrogens is 390 g/mol. The van der Waals surface area contributed by atoms with Crippen LogP contribution < -0.4 is 25.4 Å². The molecule has 1 aromatic carbocycles. The van der Waals surface area contributed by atoms with Crippen LogP contribution >= 0.6 is 11.8 Å². The summed E-state index contributed by atoms with van der Waals surface area (Å²) in [7, 11) is 5.97. The van der Waals surface area contributed by atoms with Crippen molar-refractivity contribution in [2.45, 2.75) is 29.4 Å².